The molecule has 0 saturated carbocycles. The van der Waals surface area contributed by atoms with E-state index < -0.39 is 0 Å². The largest absolute Gasteiger partial charge is 0.342 e. The van der Waals surface area contributed by atoms with Crippen LogP contribution in [0.5, 0.6) is 0 Å². The van der Waals surface area contributed by atoms with E-state index in [4.69, 9.17) is 9.98 Å². The van der Waals surface area contributed by atoms with Gasteiger partial charge in [-0.25, -0.2) is 9.98 Å². The van der Waals surface area contributed by atoms with Crippen molar-refractivity contribution in [2.45, 2.75) is 78.1 Å². The summed E-state index contributed by atoms with van der Waals surface area (Å²) in [7, 11) is 0. The second-order valence-corrected chi connectivity index (χ2v) is 13.8. The maximum Gasteiger partial charge on any atom is 0.201 e. The van der Waals surface area contributed by atoms with E-state index in [0.29, 0.717) is 0 Å². The normalized spacial score (nSPS) is 19.4. The molecule has 6 nitrogen and oxygen atoms in total. The Morgan fingerprint density at radius 3 is 1.08 bits per heavy atom. The van der Waals surface area contributed by atoms with Gasteiger partial charge in [-0.15, -0.1) is 0 Å². The summed E-state index contributed by atoms with van der Waals surface area (Å²) in [6.07, 6.45) is 5.04. The molecular weight excluding hydrogens is 468 g/mol. The molecule has 4 aliphatic rings. The van der Waals surface area contributed by atoms with Gasteiger partial charge in [-0.05, 0) is 65.2 Å². The van der Waals surface area contributed by atoms with E-state index in [2.05, 4.69) is 85.4 Å². The lowest BCUT2D eigenvalue weighted by Crippen LogP contribution is -2.54. The number of guanidine groups is 2. The van der Waals surface area contributed by atoms with Gasteiger partial charge >= 0.3 is 0 Å². The highest BCUT2D eigenvalue weighted by Gasteiger charge is 2.30. The van der Waals surface area contributed by atoms with Crippen LogP contribution in [0.2, 0.25) is 0 Å². The van der Waals surface area contributed by atoms with Gasteiger partial charge in [-0.1, -0.05) is 53.7 Å². The molecule has 6 rings (SSSR count). The first-order valence-electron chi connectivity index (χ1n) is 14.9. The molecule has 0 amide bonds. The maximum absolute atomic E-state index is 5.49. The van der Waals surface area contributed by atoms with Crippen LogP contribution in [0, 0.1) is 0 Å². The summed E-state index contributed by atoms with van der Waals surface area (Å²) in [6.45, 7) is 22.8. The molecule has 4 fully saturated rings. The van der Waals surface area contributed by atoms with Crippen LogP contribution >= 0.6 is 0 Å². The summed E-state index contributed by atoms with van der Waals surface area (Å²) >= 11 is 0. The Morgan fingerprint density at radius 1 is 0.526 bits per heavy atom. The van der Waals surface area contributed by atoms with Crippen molar-refractivity contribution < 1.29 is 0 Å². The molecule has 0 unspecified atom stereocenters. The van der Waals surface area contributed by atoms with Crippen LogP contribution in [0.4, 0.5) is 11.4 Å². The summed E-state index contributed by atoms with van der Waals surface area (Å²) < 4.78 is 0. The molecule has 2 aromatic carbocycles. The smallest absolute Gasteiger partial charge is 0.201 e. The molecule has 4 heterocycles. The van der Waals surface area contributed by atoms with E-state index in [1.807, 2.05) is 0 Å². The van der Waals surface area contributed by atoms with Crippen molar-refractivity contribution in [3.63, 3.8) is 0 Å². The van der Waals surface area contributed by atoms with Gasteiger partial charge in [0, 0.05) is 57.7 Å². The highest BCUT2D eigenvalue weighted by Crippen LogP contribution is 2.42. The number of hydrogen-bond acceptors (Lipinski definition) is 2. The number of rotatable bonds is 2. The molecule has 0 N–H and O–H groups in total. The number of likely N-dealkylation sites (tertiary alicyclic amines) is 4. The average Bonchev–Trinajstić information content (AvgIpc) is 2.66. The minimum absolute atomic E-state index is 0.0354. The Morgan fingerprint density at radius 2 is 0.842 bits per heavy atom. The minimum atomic E-state index is 0.0354. The summed E-state index contributed by atoms with van der Waals surface area (Å²) in [5.41, 5.74) is 4.89. The van der Waals surface area contributed by atoms with Gasteiger partial charge in [0.2, 0.25) is 11.9 Å². The van der Waals surface area contributed by atoms with Crippen LogP contribution in [0.3, 0.4) is 0 Å². The first kappa shape index (κ1) is 25.5. The summed E-state index contributed by atoms with van der Waals surface area (Å²) in [5, 5.41) is 2.46. The molecule has 4 aliphatic heterocycles. The van der Waals surface area contributed by atoms with Crippen molar-refractivity contribution in [1.29, 1.82) is 0 Å². The number of hydrogen-bond donors (Lipinski definition) is 0. The zero-order valence-electron chi connectivity index (χ0n) is 24.5. The van der Waals surface area contributed by atoms with Gasteiger partial charge in [0.25, 0.3) is 0 Å². The Balaban J connectivity index is 1.60. The molecule has 0 bridgehead atoms. The number of fused-ring (bicyclic) bond motifs is 1. The monoisotopic (exact) mass is 514 g/mol. The lowest BCUT2D eigenvalue weighted by molar-refractivity contribution is 0.207. The predicted molar refractivity (Wildman–Crippen MR) is 160 cm³/mol. The Labute approximate surface area is 229 Å². The lowest BCUT2D eigenvalue weighted by atomic mass is 9.82. The second kappa shape index (κ2) is 9.46. The van der Waals surface area contributed by atoms with Crippen molar-refractivity contribution in [2.24, 2.45) is 9.98 Å². The summed E-state index contributed by atoms with van der Waals surface area (Å²) in [4.78, 5) is 20.8. The molecular formula is C32H46N6. The average molecular weight is 515 g/mol. The standard InChI is InChI=1S/C32H46N6/c1-31(2,3)24-19-23-20-25(32(4,5)6)22-27(34-30(37-15-9-16-37)38-17-10-18-38)28(23)26(21-24)33-29(35-11-7-12-35)36-13-8-14-36/h19-22H,7-18H2,1-6H3. The molecule has 6 heteroatoms. The van der Waals surface area contributed by atoms with Crippen LogP contribution < -0.4 is 0 Å². The van der Waals surface area contributed by atoms with Crippen molar-refractivity contribution >= 4 is 34.1 Å². The minimum Gasteiger partial charge on any atom is -0.342 e. The van der Waals surface area contributed by atoms with Crippen molar-refractivity contribution in [1.82, 2.24) is 19.6 Å². The first-order chi connectivity index (χ1) is 18.1. The quantitative estimate of drug-likeness (QED) is 0.352. The van der Waals surface area contributed by atoms with E-state index in [1.165, 1.54) is 47.6 Å². The molecule has 0 aromatic heterocycles. The van der Waals surface area contributed by atoms with Gasteiger partial charge in [-0.3, -0.25) is 0 Å². The Bertz CT molecular complexity index is 1130. The predicted octanol–water partition coefficient (Wildman–Crippen LogP) is 6.23. The van der Waals surface area contributed by atoms with Crippen molar-refractivity contribution in [3.8, 4) is 0 Å². The van der Waals surface area contributed by atoms with E-state index >= 15 is 0 Å². The molecule has 0 spiro atoms. The second-order valence-electron chi connectivity index (χ2n) is 13.8. The highest BCUT2D eigenvalue weighted by molar-refractivity contribution is 6.05. The third kappa shape index (κ3) is 4.76. The lowest BCUT2D eigenvalue weighted by Gasteiger charge is -2.43. The zero-order chi connectivity index (χ0) is 26.7. The van der Waals surface area contributed by atoms with Crippen LogP contribution in [-0.4, -0.2) is 83.9 Å². The molecule has 0 aliphatic carbocycles. The fourth-order valence-electron chi connectivity index (χ4n) is 5.48. The highest BCUT2D eigenvalue weighted by atomic mass is 15.4. The number of aliphatic imine (C=N–C) groups is 2. The summed E-state index contributed by atoms with van der Waals surface area (Å²) in [5.74, 6) is 2.32. The number of nitrogens with zero attached hydrogens (tertiary/aromatic N) is 6. The summed E-state index contributed by atoms with van der Waals surface area (Å²) in [6, 6.07) is 9.51. The number of benzene rings is 2. The molecule has 2 aromatic rings. The molecule has 0 atom stereocenters. The van der Waals surface area contributed by atoms with Crippen LogP contribution in [0.15, 0.2) is 34.3 Å². The van der Waals surface area contributed by atoms with Crippen LogP contribution in [-0.2, 0) is 10.8 Å². The molecule has 204 valence electrons. The van der Waals surface area contributed by atoms with E-state index in [1.54, 1.807) is 0 Å². The maximum atomic E-state index is 5.49. The fraction of sp³-hybridized carbons (Fsp3) is 0.625. The molecule has 38 heavy (non-hydrogen) atoms. The van der Waals surface area contributed by atoms with Crippen molar-refractivity contribution in [2.75, 3.05) is 52.4 Å². The SMILES string of the molecule is CC(C)(C)c1cc(N=C(N2CCC2)N2CCC2)c2c(N=C(N3CCC3)N3CCC3)cc(C(C)(C)C)cc2c1. The van der Waals surface area contributed by atoms with E-state index in [9.17, 15) is 0 Å². The molecule has 4 saturated heterocycles. The van der Waals surface area contributed by atoms with Gasteiger partial charge in [0.15, 0.2) is 0 Å². The van der Waals surface area contributed by atoms with Crippen LogP contribution in [0.25, 0.3) is 10.8 Å². The van der Waals surface area contributed by atoms with Crippen molar-refractivity contribution in [3.05, 3.63) is 35.4 Å². The topological polar surface area (TPSA) is 37.7 Å². The third-order valence-corrected chi connectivity index (χ3v) is 8.74. The van der Waals surface area contributed by atoms with E-state index in [-0.39, 0.29) is 10.8 Å². The third-order valence-electron chi connectivity index (χ3n) is 8.74. The zero-order valence-corrected chi connectivity index (χ0v) is 24.5. The molecule has 0 radical (unpaired) electrons. The van der Waals surface area contributed by atoms with E-state index in [0.717, 1.165) is 75.7 Å². The fourth-order valence-corrected chi connectivity index (χ4v) is 5.48. The van der Waals surface area contributed by atoms with Gasteiger partial charge in [-0.2, -0.15) is 0 Å². The van der Waals surface area contributed by atoms with Gasteiger partial charge in [0.1, 0.15) is 0 Å². The Hall–Kier alpha value is -2.76. The van der Waals surface area contributed by atoms with Crippen LogP contribution in [0.1, 0.15) is 78.4 Å². The van der Waals surface area contributed by atoms with Gasteiger partial charge in [0.05, 0.1) is 11.4 Å². The van der Waals surface area contributed by atoms with Gasteiger partial charge < -0.3 is 19.6 Å². The first-order valence-corrected chi connectivity index (χ1v) is 14.9. The Kier molecular flexibility index (Phi) is 6.35.